The number of aryl methyl sites for hydroxylation is 1. The van der Waals surface area contributed by atoms with E-state index in [9.17, 15) is 9.59 Å². The summed E-state index contributed by atoms with van der Waals surface area (Å²) in [5.74, 6) is 0.343. The van der Waals surface area contributed by atoms with Gasteiger partial charge in [-0.1, -0.05) is 42.5 Å². The molecule has 4 rings (SSSR count). The number of hydrogen-bond donors (Lipinski definition) is 2. The van der Waals surface area contributed by atoms with Gasteiger partial charge in [0.25, 0.3) is 5.91 Å². The van der Waals surface area contributed by atoms with Gasteiger partial charge < -0.3 is 15.0 Å². The second kappa shape index (κ2) is 8.25. The van der Waals surface area contributed by atoms with E-state index in [4.69, 9.17) is 4.74 Å². The zero-order valence-electron chi connectivity index (χ0n) is 16.9. The van der Waals surface area contributed by atoms with Gasteiger partial charge in [0, 0.05) is 23.6 Å². The third kappa shape index (κ3) is 3.82. The standard InChI is InChI=1S/C25H22N2O3/c1-16-5-3-4-6-20(16)18-9-12-23-21(13-18)24(28)22(15-26-23)25(29)27-14-17-7-10-19(30-2)11-8-17/h3-13,15H,14H2,1-2H3,(H,26,28)(H,27,29). The fourth-order valence-corrected chi connectivity index (χ4v) is 3.47. The number of aromatic nitrogens is 1. The van der Waals surface area contributed by atoms with Crippen LogP contribution < -0.4 is 15.5 Å². The van der Waals surface area contributed by atoms with Crippen LogP contribution >= 0.6 is 0 Å². The number of benzene rings is 3. The summed E-state index contributed by atoms with van der Waals surface area (Å²) in [6, 6.07) is 21.1. The van der Waals surface area contributed by atoms with Crippen LogP contribution in [-0.4, -0.2) is 18.0 Å². The minimum atomic E-state index is -0.407. The van der Waals surface area contributed by atoms with Crippen molar-refractivity contribution in [2.45, 2.75) is 13.5 Å². The number of H-pyrrole nitrogens is 1. The van der Waals surface area contributed by atoms with Crippen LogP contribution in [0.2, 0.25) is 0 Å². The van der Waals surface area contributed by atoms with Gasteiger partial charge in [0.15, 0.2) is 0 Å². The summed E-state index contributed by atoms with van der Waals surface area (Å²) in [5.41, 5.74) is 4.56. The lowest BCUT2D eigenvalue weighted by Gasteiger charge is -2.09. The molecule has 0 bridgehead atoms. The summed E-state index contributed by atoms with van der Waals surface area (Å²) in [7, 11) is 1.60. The SMILES string of the molecule is COc1ccc(CNC(=O)c2c[nH]c3ccc(-c4ccccc4C)cc3c2=O)cc1. The molecule has 0 aliphatic rings. The van der Waals surface area contributed by atoms with E-state index in [1.807, 2.05) is 73.7 Å². The Morgan fingerprint density at radius 2 is 1.80 bits per heavy atom. The van der Waals surface area contributed by atoms with Crippen molar-refractivity contribution in [3.63, 3.8) is 0 Å². The Bertz CT molecular complexity index is 1270. The van der Waals surface area contributed by atoms with Crippen LogP contribution in [-0.2, 0) is 6.54 Å². The first kappa shape index (κ1) is 19.5. The highest BCUT2D eigenvalue weighted by Gasteiger charge is 2.14. The monoisotopic (exact) mass is 398 g/mol. The molecule has 0 fully saturated rings. The molecule has 0 atom stereocenters. The van der Waals surface area contributed by atoms with Gasteiger partial charge >= 0.3 is 0 Å². The lowest BCUT2D eigenvalue weighted by molar-refractivity contribution is 0.0949. The number of pyridine rings is 1. The summed E-state index contributed by atoms with van der Waals surface area (Å²) >= 11 is 0. The topological polar surface area (TPSA) is 71.2 Å². The molecule has 2 N–H and O–H groups in total. The average Bonchev–Trinajstić information content (AvgIpc) is 2.78. The molecule has 1 aromatic heterocycles. The zero-order chi connectivity index (χ0) is 21.1. The highest BCUT2D eigenvalue weighted by Crippen LogP contribution is 2.25. The van der Waals surface area contributed by atoms with Gasteiger partial charge in [-0.25, -0.2) is 0 Å². The minimum absolute atomic E-state index is 0.0953. The molecule has 0 aliphatic carbocycles. The number of amides is 1. The van der Waals surface area contributed by atoms with Crippen LogP contribution in [0.3, 0.4) is 0 Å². The van der Waals surface area contributed by atoms with Gasteiger partial charge in [0.2, 0.25) is 5.43 Å². The number of rotatable bonds is 5. The molecule has 150 valence electrons. The maximum absolute atomic E-state index is 13.0. The number of fused-ring (bicyclic) bond motifs is 1. The zero-order valence-corrected chi connectivity index (χ0v) is 16.9. The largest absolute Gasteiger partial charge is 0.497 e. The number of hydrogen-bond acceptors (Lipinski definition) is 3. The van der Waals surface area contributed by atoms with E-state index in [0.29, 0.717) is 17.4 Å². The molecule has 0 saturated carbocycles. The number of methoxy groups -OCH3 is 1. The van der Waals surface area contributed by atoms with Crippen molar-refractivity contribution in [1.29, 1.82) is 0 Å². The Morgan fingerprint density at radius 3 is 2.53 bits per heavy atom. The highest BCUT2D eigenvalue weighted by molar-refractivity contribution is 5.97. The predicted octanol–water partition coefficient (Wildman–Crippen LogP) is 4.44. The quantitative estimate of drug-likeness (QED) is 0.522. The summed E-state index contributed by atoms with van der Waals surface area (Å²) in [4.78, 5) is 28.8. The number of nitrogens with one attached hydrogen (secondary N) is 2. The van der Waals surface area contributed by atoms with Gasteiger partial charge in [-0.2, -0.15) is 0 Å². The molecule has 1 heterocycles. The van der Waals surface area contributed by atoms with Crippen molar-refractivity contribution in [3.05, 3.63) is 99.8 Å². The van der Waals surface area contributed by atoms with Crippen LogP contribution in [0.25, 0.3) is 22.0 Å². The fourth-order valence-electron chi connectivity index (χ4n) is 3.47. The van der Waals surface area contributed by atoms with Crippen LogP contribution in [0.4, 0.5) is 0 Å². The molecule has 1 amide bonds. The van der Waals surface area contributed by atoms with Crippen molar-refractivity contribution in [2.24, 2.45) is 0 Å². The van der Waals surface area contributed by atoms with Crippen molar-refractivity contribution in [2.75, 3.05) is 7.11 Å². The van der Waals surface area contributed by atoms with E-state index in [-0.39, 0.29) is 11.0 Å². The Hall–Kier alpha value is -3.86. The number of carbonyl (C=O) groups excluding carboxylic acids is 1. The second-order valence-corrected chi connectivity index (χ2v) is 7.14. The van der Waals surface area contributed by atoms with E-state index >= 15 is 0 Å². The molecule has 0 aliphatic heterocycles. The van der Waals surface area contributed by atoms with Crippen molar-refractivity contribution in [1.82, 2.24) is 10.3 Å². The molecule has 0 radical (unpaired) electrons. The molecule has 5 heteroatoms. The molecule has 5 nitrogen and oxygen atoms in total. The number of aromatic amines is 1. The van der Waals surface area contributed by atoms with Crippen LogP contribution in [0.15, 0.2) is 77.7 Å². The highest BCUT2D eigenvalue weighted by atomic mass is 16.5. The molecule has 4 aromatic rings. The van der Waals surface area contributed by atoms with Crippen molar-refractivity contribution < 1.29 is 9.53 Å². The van der Waals surface area contributed by atoms with Gasteiger partial charge in [-0.15, -0.1) is 0 Å². The third-order valence-electron chi connectivity index (χ3n) is 5.19. The van der Waals surface area contributed by atoms with E-state index in [1.54, 1.807) is 7.11 Å². The Kier molecular flexibility index (Phi) is 5.35. The molecule has 30 heavy (non-hydrogen) atoms. The Balaban J connectivity index is 1.62. The fraction of sp³-hybridized carbons (Fsp3) is 0.120. The normalized spacial score (nSPS) is 10.7. The molecular formula is C25H22N2O3. The number of ether oxygens (including phenoxy) is 1. The molecular weight excluding hydrogens is 376 g/mol. The van der Waals surface area contributed by atoms with Gasteiger partial charge in [0.05, 0.1) is 7.11 Å². The van der Waals surface area contributed by atoms with Gasteiger partial charge in [-0.3, -0.25) is 9.59 Å². The van der Waals surface area contributed by atoms with Crippen LogP contribution in [0.5, 0.6) is 5.75 Å². The summed E-state index contributed by atoms with van der Waals surface area (Å²) in [5, 5.41) is 3.31. The lowest BCUT2D eigenvalue weighted by atomic mass is 9.98. The van der Waals surface area contributed by atoms with E-state index < -0.39 is 5.91 Å². The maximum atomic E-state index is 13.0. The Morgan fingerprint density at radius 1 is 1.03 bits per heavy atom. The molecule has 0 spiro atoms. The van der Waals surface area contributed by atoms with Crippen molar-refractivity contribution in [3.8, 4) is 16.9 Å². The summed E-state index contributed by atoms with van der Waals surface area (Å²) in [6.07, 6.45) is 1.47. The summed E-state index contributed by atoms with van der Waals surface area (Å²) in [6.45, 7) is 2.36. The molecule has 3 aromatic carbocycles. The first-order valence-corrected chi connectivity index (χ1v) is 9.69. The maximum Gasteiger partial charge on any atom is 0.257 e. The predicted molar refractivity (Wildman–Crippen MR) is 119 cm³/mol. The summed E-state index contributed by atoms with van der Waals surface area (Å²) < 4.78 is 5.14. The smallest absolute Gasteiger partial charge is 0.257 e. The van der Waals surface area contributed by atoms with Crippen LogP contribution in [0, 0.1) is 6.92 Å². The first-order valence-electron chi connectivity index (χ1n) is 9.69. The first-order chi connectivity index (χ1) is 14.6. The van der Waals surface area contributed by atoms with E-state index in [1.165, 1.54) is 6.20 Å². The average molecular weight is 398 g/mol. The van der Waals surface area contributed by atoms with Gasteiger partial charge in [-0.05, 0) is 53.4 Å². The lowest BCUT2D eigenvalue weighted by Crippen LogP contribution is -2.28. The number of carbonyl (C=O) groups is 1. The van der Waals surface area contributed by atoms with E-state index in [2.05, 4.69) is 10.3 Å². The molecule has 0 saturated heterocycles. The second-order valence-electron chi connectivity index (χ2n) is 7.14. The van der Waals surface area contributed by atoms with Crippen molar-refractivity contribution >= 4 is 16.8 Å². The Labute approximate surface area is 174 Å². The third-order valence-corrected chi connectivity index (χ3v) is 5.19. The minimum Gasteiger partial charge on any atom is -0.497 e. The van der Waals surface area contributed by atoms with Gasteiger partial charge in [0.1, 0.15) is 11.3 Å². The van der Waals surface area contributed by atoms with Crippen LogP contribution in [0.1, 0.15) is 21.5 Å². The molecule has 0 unspecified atom stereocenters. The van der Waals surface area contributed by atoms with E-state index in [0.717, 1.165) is 28.0 Å².